The second kappa shape index (κ2) is 7.64. The third kappa shape index (κ3) is 4.74. The molecule has 1 aromatic carbocycles. The van der Waals surface area contributed by atoms with Crippen molar-refractivity contribution < 1.29 is 22.0 Å². The van der Waals surface area contributed by atoms with Crippen molar-refractivity contribution in [3.05, 3.63) is 35.9 Å². The van der Waals surface area contributed by atoms with Crippen LogP contribution in [0.4, 0.5) is 8.78 Å². The molecule has 0 fully saturated rings. The molecule has 0 aliphatic rings. The smallest absolute Gasteiger partial charge is 0.349 e. The Morgan fingerprint density at radius 3 is 2.41 bits per heavy atom. The number of alkyl halides is 2. The Bertz CT molecular complexity index is 591. The maximum atomic E-state index is 13.9. The van der Waals surface area contributed by atoms with Gasteiger partial charge in [-0.2, -0.15) is 8.78 Å². The number of amides is 1. The summed E-state index contributed by atoms with van der Waals surface area (Å²) in [6.45, 7) is 1.66. The molecule has 22 heavy (non-hydrogen) atoms. The van der Waals surface area contributed by atoms with Crippen LogP contribution in [0.15, 0.2) is 30.3 Å². The zero-order valence-corrected chi connectivity index (χ0v) is 13.4. The van der Waals surface area contributed by atoms with E-state index in [1.807, 2.05) is 0 Å². The summed E-state index contributed by atoms with van der Waals surface area (Å²) in [4.78, 5) is 11.6. The summed E-state index contributed by atoms with van der Waals surface area (Å²) in [7, 11) is -1.88. The minimum absolute atomic E-state index is 0.0230. The van der Waals surface area contributed by atoms with Gasteiger partial charge in [-0.05, 0) is 13.3 Å². The summed E-state index contributed by atoms with van der Waals surface area (Å²) in [5.74, 6) is -5.02. The van der Waals surface area contributed by atoms with Crippen LogP contribution in [0.5, 0.6) is 0 Å². The minimum Gasteiger partial charge on any atom is -0.351 e. The van der Waals surface area contributed by atoms with E-state index in [2.05, 4.69) is 5.32 Å². The van der Waals surface area contributed by atoms with Gasteiger partial charge in [0.15, 0.2) is 0 Å². The Kier molecular flexibility index (Phi) is 6.43. The summed E-state index contributed by atoms with van der Waals surface area (Å²) in [6, 6.07) is 6.81. The van der Waals surface area contributed by atoms with E-state index in [0.29, 0.717) is 0 Å². The first-order valence-corrected chi connectivity index (χ1v) is 8.48. The van der Waals surface area contributed by atoms with Crippen LogP contribution >= 0.6 is 0 Å². The quantitative estimate of drug-likeness (QED) is 0.734. The van der Waals surface area contributed by atoms with Gasteiger partial charge in [-0.3, -0.25) is 4.79 Å². The van der Waals surface area contributed by atoms with E-state index < -0.39 is 21.9 Å². The summed E-state index contributed by atoms with van der Waals surface area (Å²) in [6.07, 6.45) is 0.256. The highest BCUT2D eigenvalue weighted by molar-refractivity contribution is 7.89. The highest BCUT2D eigenvalue weighted by Crippen LogP contribution is 2.27. The van der Waals surface area contributed by atoms with Gasteiger partial charge in [-0.1, -0.05) is 30.3 Å². The van der Waals surface area contributed by atoms with Gasteiger partial charge in [-0.15, -0.1) is 0 Å². The SMILES string of the molecule is CCS(=O)(=O)N(C)CCCNC(=O)C(F)(F)c1ccccc1. The summed E-state index contributed by atoms with van der Waals surface area (Å²) >= 11 is 0. The molecule has 0 atom stereocenters. The lowest BCUT2D eigenvalue weighted by atomic mass is 10.1. The van der Waals surface area contributed by atoms with Crippen molar-refractivity contribution in [3.63, 3.8) is 0 Å². The van der Waals surface area contributed by atoms with Gasteiger partial charge >= 0.3 is 5.92 Å². The Morgan fingerprint density at radius 1 is 1.27 bits per heavy atom. The number of benzene rings is 1. The Morgan fingerprint density at radius 2 is 1.86 bits per heavy atom. The lowest BCUT2D eigenvalue weighted by molar-refractivity contribution is -0.147. The van der Waals surface area contributed by atoms with Crippen LogP contribution in [0.2, 0.25) is 0 Å². The molecule has 8 heteroatoms. The molecule has 124 valence electrons. The van der Waals surface area contributed by atoms with Crippen molar-refractivity contribution >= 4 is 15.9 Å². The third-order valence-corrected chi connectivity index (χ3v) is 5.06. The first kappa shape index (κ1) is 18.5. The van der Waals surface area contributed by atoms with Crippen LogP contribution in [0.1, 0.15) is 18.9 Å². The third-order valence-electron chi connectivity index (χ3n) is 3.20. The molecule has 0 spiro atoms. The van der Waals surface area contributed by atoms with Gasteiger partial charge in [0.25, 0.3) is 5.91 Å². The van der Waals surface area contributed by atoms with E-state index in [1.165, 1.54) is 38.2 Å². The zero-order chi connectivity index (χ0) is 16.8. The Hall–Kier alpha value is -1.54. The Balaban J connectivity index is 2.47. The van der Waals surface area contributed by atoms with Crippen LogP contribution in [-0.2, 0) is 20.7 Å². The molecule has 1 rings (SSSR count). The van der Waals surface area contributed by atoms with E-state index in [0.717, 1.165) is 4.31 Å². The van der Waals surface area contributed by atoms with Crippen LogP contribution < -0.4 is 5.32 Å². The predicted molar refractivity (Wildman–Crippen MR) is 80.1 cm³/mol. The molecule has 0 saturated heterocycles. The number of carbonyl (C=O) groups excluding carboxylic acids is 1. The van der Waals surface area contributed by atoms with Gasteiger partial charge in [-0.25, -0.2) is 12.7 Å². The molecular formula is C14H20F2N2O3S. The maximum absolute atomic E-state index is 13.9. The molecule has 1 N–H and O–H groups in total. The molecule has 1 aromatic rings. The fraction of sp³-hybridized carbons (Fsp3) is 0.500. The van der Waals surface area contributed by atoms with Gasteiger partial charge in [0.1, 0.15) is 0 Å². The molecule has 0 unspecified atom stereocenters. The van der Waals surface area contributed by atoms with Crippen LogP contribution in [-0.4, -0.2) is 44.5 Å². The van der Waals surface area contributed by atoms with E-state index in [9.17, 15) is 22.0 Å². The number of nitrogens with one attached hydrogen (secondary N) is 1. The molecule has 1 amide bonds. The van der Waals surface area contributed by atoms with Crippen LogP contribution in [0.3, 0.4) is 0 Å². The molecule has 0 radical (unpaired) electrons. The molecule has 0 aliphatic carbocycles. The lowest BCUT2D eigenvalue weighted by Crippen LogP contribution is -2.39. The first-order chi connectivity index (χ1) is 10.2. The highest BCUT2D eigenvalue weighted by Gasteiger charge is 2.40. The fourth-order valence-electron chi connectivity index (χ4n) is 1.75. The molecule has 0 bridgehead atoms. The second-order valence-corrected chi connectivity index (χ2v) is 7.14. The standard InChI is InChI=1S/C14H20F2N2O3S/c1-3-22(20,21)18(2)11-7-10-17-13(19)14(15,16)12-8-5-4-6-9-12/h4-6,8-9H,3,7,10-11H2,1-2H3,(H,17,19). The van der Waals surface area contributed by atoms with E-state index in [1.54, 1.807) is 6.07 Å². The fourth-order valence-corrected chi connectivity index (χ4v) is 2.60. The maximum Gasteiger partial charge on any atom is 0.349 e. The van der Waals surface area contributed by atoms with Crippen molar-refractivity contribution in [3.8, 4) is 0 Å². The van der Waals surface area contributed by atoms with Crippen molar-refractivity contribution in [2.24, 2.45) is 0 Å². The van der Waals surface area contributed by atoms with Gasteiger partial charge in [0.05, 0.1) is 5.75 Å². The van der Waals surface area contributed by atoms with Gasteiger partial charge in [0, 0.05) is 25.7 Å². The summed E-state index contributed by atoms with van der Waals surface area (Å²) in [5.41, 5.74) is -0.377. The largest absolute Gasteiger partial charge is 0.351 e. The van der Waals surface area contributed by atoms with Crippen molar-refractivity contribution in [1.29, 1.82) is 0 Å². The monoisotopic (exact) mass is 334 g/mol. The molecular weight excluding hydrogens is 314 g/mol. The number of halogens is 2. The first-order valence-electron chi connectivity index (χ1n) is 6.87. The summed E-state index contributed by atoms with van der Waals surface area (Å²) in [5, 5.41) is 2.14. The molecule has 5 nitrogen and oxygen atoms in total. The molecule has 0 saturated carbocycles. The van der Waals surface area contributed by atoms with Crippen LogP contribution in [0.25, 0.3) is 0 Å². The number of nitrogens with zero attached hydrogens (tertiary/aromatic N) is 1. The van der Waals surface area contributed by atoms with Gasteiger partial charge in [0.2, 0.25) is 10.0 Å². The van der Waals surface area contributed by atoms with E-state index >= 15 is 0 Å². The van der Waals surface area contributed by atoms with Crippen molar-refractivity contribution in [2.75, 3.05) is 25.9 Å². The molecule has 0 heterocycles. The Labute approximate surface area is 129 Å². The van der Waals surface area contributed by atoms with Crippen molar-refractivity contribution in [2.45, 2.75) is 19.3 Å². The van der Waals surface area contributed by atoms with Crippen molar-refractivity contribution in [1.82, 2.24) is 9.62 Å². The number of hydrogen-bond acceptors (Lipinski definition) is 3. The minimum atomic E-state index is -3.61. The second-order valence-electron chi connectivity index (χ2n) is 4.77. The topological polar surface area (TPSA) is 66.5 Å². The number of hydrogen-bond donors (Lipinski definition) is 1. The lowest BCUT2D eigenvalue weighted by Gasteiger charge is -2.18. The normalized spacial score (nSPS) is 12.4. The number of rotatable bonds is 8. The molecule has 0 aromatic heterocycles. The summed E-state index contributed by atoms with van der Waals surface area (Å²) < 4.78 is 51.8. The highest BCUT2D eigenvalue weighted by atomic mass is 32.2. The average molecular weight is 334 g/mol. The van der Waals surface area contributed by atoms with E-state index in [4.69, 9.17) is 0 Å². The average Bonchev–Trinajstić information content (AvgIpc) is 2.51. The zero-order valence-electron chi connectivity index (χ0n) is 12.6. The predicted octanol–water partition coefficient (Wildman–Crippen LogP) is 1.57. The van der Waals surface area contributed by atoms with Gasteiger partial charge < -0.3 is 5.32 Å². The van der Waals surface area contributed by atoms with Crippen LogP contribution in [0, 0.1) is 0 Å². The van der Waals surface area contributed by atoms with E-state index in [-0.39, 0.29) is 30.8 Å². The molecule has 0 aliphatic heterocycles. The number of sulfonamides is 1. The number of carbonyl (C=O) groups is 1.